The molecule has 0 aliphatic carbocycles. The van der Waals surface area contributed by atoms with Crippen LogP contribution in [0.15, 0.2) is 24.3 Å². The second-order valence-corrected chi connectivity index (χ2v) is 4.55. The summed E-state index contributed by atoms with van der Waals surface area (Å²) in [6.07, 6.45) is 0.572. The molecule has 0 bridgehead atoms. The molecule has 0 aliphatic rings. The maximum atomic E-state index is 11.1. The Morgan fingerprint density at radius 1 is 1.37 bits per heavy atom. The highest BCUT2D eigenvalue weighted by Gasteiger charge is 2.02. The first kappa shape index (κ1) is 15.5. The lowest BCUT2D eigenvalue weighted by Crippen LogP contribution is -2.19. The van der Waals surface area contributed by atoms with E-state index in [2.05, 4.69) is 5.32 Å². The highest BCUT2D eigenvalue weighted by molar-refractivity contribution is 5.69. The van der Waals surface area contributed by atoms with Crippen LogP contribution in [0.3, 0.4) is 0 Å². The van der Waals surface area contributed by atoms with E-state index in [0.29, 0.717) is 26.1 Å². The van der Waals surface area contributed by atoms with Gasteiger partial charge in [0, 0.05) is 13.1 Å². The number of hydrogen-bond donors (Lipinski definition) is 1. The van der Waals surface area contributed by atoms with Crippen LogP contribution in [0, 0.1) is 0 Å². The number of carbonyl (C=O) groups is 1. The molecule has 0 unspecified atom stereocenters. The fraction of sp³-hybridized carbons (Fsp3) is 0.533. The smallest absolute Gasteiger partial charge is 0.307 e. The Kier molecular flexibility index (Phi) is 6.97. The zero-order valence-electron chi connectivity index (χ0n) is 11.9. The summed E-state index contributed by atoms with van der Waals surface area (Å²) in [5, 5.41) is 3.22. The molecule has 0 aliphatic heterocycles. The number of nitrogens with one attached hydrogen (secondary N) is 1. The fourth-order valence-electron chi connectivity index (χ4n) is 1.66. The van der Waals surface area contributed by atoms with E-state index in [4.69, 9.17) is 9.47 Å². The van der Waals surface area contributed by atoms with Gasteiger partial charge in [-0.2, -0.15) is 0 Å². The zero-order valence-corrected chi connectivity index (χ0v) is 11.9. The molecule has 106 valence electrons. The van der Waals surface area contributed by atoms with E-state index in [0.717, 1.165) is 11.3 Å². The molecule has 4 heteroatoms. The number of ether oxygens (including phenoxy) is 2. The Morgan fingerprint density at radius 2 is 2.16 bits per heavy atom. The summed E-state index contributed by atoms with van der Waals surface area (Å²) >= 11 is 0. The van der Waals surface area contributed by atoms with Gasteiger partial charge < -0.3 is 14.8 Å². The van der Waals surface area contributed by atoms with Crippen LogP contribution in [-0.2, 0) is 16.1 Å². The van der Waals surface area contributed by atoms with E-state index in [9.17, 15) is 4.79 Å². The highest BCUT2D eigenvalue weighted by atomic mass is 16.5. The molecule has 1 aromatic carbocycles. The van der Waals surface area contributed by atoms with Gasteiger partial charge in [-0.05, 0) is 38.5 Å². The number of hydrogen-bond acceptors (Lipinski definition) is 4. The topological polar surface area (TPSA) is 47.6 Å². The van der Waals surface area contributed by atoms with Crippen LogP contribution in [0.2, 0.25) is 0 Å². The van der Waals surface area contributed by atoms with Gasteiger partial charge in [-0.3, -0.25) is 4.79 Å². The van der Waals surface area contributed by atoms with Crippen molar-refractivity contribution in [2.24, 2.45) is 0 Å². The Hall–Kier alpha value is -1.55. The minimum Gasteiger partial charge on any atom is -0.491 e. The second-order valence-electron chi connectivity index (χ2n) is 4.55. The summed E-state index contributed by atoms with van der Waals surface area (Å²) in [6, 6.07) is 7.96. The predicted molar refractivity (Wildman–Crippen MR) is 75.2 cm³/mol. The molecular formula is C15H23NO3. The average molecular weight is 265 g/mol. The molecule has 0 heterocycles. The SMILES string of the molecule is CCOC(=O)CCNCc1cccc(OC(C)C)c1. The number of carbonyl (C=O) groups excluding carboxylic acids is 1. The Balaban J connectivity index is 2.31. The molecule has 0 atom stereocenters. The lowest BCUT2D eigenvalue weighted by molar-refractivity contribution is -0.142. The quantitative estimate of drug-likeness (QED) is 0.579. The van der Waals surface area contributed by atoms with Crippen molar-refractivity contribution >= 4 is 5.97 Å². The summed E-state index contributed by atoms with van der Waals surface area (Å²) in [4.78, 5) is 11.1. The summed E-state index contributed by atoms with van der Waals surface area (Å²) < 4.78 is 10.5. The zero-order chi connectivity index (χ0) is 14.1. The molecule has 0 aromatic heterocycles. The Bertz CT molecular complexity index is 391. The maximum absolute atomic E-state index is 11.1. The minimum atomic E-state index is -0.160. The summed E-state index contributed by atoms with van der Waals surface area (Å²) in [5.74, 6) is 0.714. The Morgan fingerprint density at radius 3 is 2.84 bits per heavy atom. The maximum Gasteiger partial charge on any atom is 0.307 e. The highest BCUT2D eigenvalue weighted by Crippen LogP contribution is 2.14. The van der Waals surface area contributed by atoms with Crippen molar-refractivity contribution in [2.75, 3.05) is 13.2 Å². The molecule has 0 fully saturated rings. The molecule has 0 amide bonds. The van der Waals surface area contributed by atoms with Crippen molar-refractivity contribution in [2.45, 2.75) is 39.8 Å². The van der Waals surface area contributed by atoms with Crippen LogP contribution in [0.5, 0.6) is 5.75 Å². The molecule has 1 aromatic rings. The van der Waals surface area contributed by atoms with E-state index in [1.165, 1.54) is 0 Å². The largest absolute Gasteiger partial charge is 0.491 e. The summed E-state index contributed by atoms with van der Waals surface area (Å²) in [7, 11) is 0. The first-order valence-corrected chi connectivity index (χ1v) is 6.73. The third kappa shape index (κ3) is 6.82. The van der Waals surface area contributed by atoms with Crippen LogP contribution in [0.1, 0.15) is 32.8 Å². The summed E-state index contributed by atoms with van der Waals surface area (Å²) in [6.45, 7) is 7.59. The van der Waals surface area contributed by atoms with Crippen LogP contribution >= 0.6 is 0 Å². The Labute approximate surface area is 115 Å². The molecule has 0 saturated heterocycles. The van der Waals surface area contributed by atoms with Crippen molar-refractivity contribution in [3.63, 3.8) is 0 Å². The molecule has 0 radical (unpaired) electrons. The van der Waals surface area contributed by atoms with Gasteiger partial charge in [0.25, 0.3) is 0 Å². The third-order valence-corrected chi connectivity index (χ3v) is 2.41. The first-order valence-electron chi connectivity index (χ1n) is 6.73. The van der Waals surface area contributed by atoms with E-state index in [-0.39, 0.29) is 12.1 Å². The van der Waals surface area contributed by atoms with E-state index >= 15 is 0 Å². The van der Waals surface area contributed by atoms with Gasteiger partial charge in [0.15, 0.2) is 0 Å². The average Bonchev–Trinajstić information content (AvgIpc) is 2.35. The van der Waals surface area contributed by atoms with Crippen molar-refractivity contribution < 1.29 is 14.3 Å². The van der Waals surface area contributed by atoms with Crippen LogP contribution in [0.4, 0.5) is 0 Å². The van der Waals surface area contributed by atoms with E-state index in [1.54, 1.807) is 0 Å². The molecule has 0 spiro atoms. The molecule has 0 saturated carbocycles. The van der Waals surface area contributed by atoms with E-state index < -0.39 is 0 Å². The molecule has 19 heavy (non-hydrogen) atoms. The van der Waals surface area contributed by atoms with Gasteiger partial charge in [-0.15, -0.1) is 0 Å². The van der Waals surface area contributed by atoms with Crippen LogP contribution < -0.4 is 10.1 Å². The normalized spacial score (nSPS) is 10.5. The van der Waals surface area contributed by atoms with Crippen molar-refractivity contribution in [3.8, 4) is 5.75 Å². The lowest BCUT2D eigenvalue weighted by Gasteiger charge is -2.11. The van der Waals surface area contributed by atoms with Crippen LogP contribution in [0.25, 0.3) is 0 Å². The molecule has 4 nitrogen and oxygen atoms in total. The van der Waals surface area contributed by atoms with Gasteiger partial charge in [-0.1, -0.05) is 12.1 Å². The fourth-order valence-corrected chi connectivity index (χ4v) is 1.66. The predicted octanol–water partition coefficient (Wildman–Crippen LogP) is 2.52. The molecule has 1 N–H and O–H groups in total. The summed E-state index contributed by atoms with van der Waals surface area (Å²) in [5.41, 5.74) is 1.14. The van der Waals surface area contributed by atoms with Gasteiger partial charge in [0.1, 0.15) is 5.75 Å². The second kappa shape index (κ2) is 8.53. The lowest BCUT2D eigenvalue weighted by atomic mass is 10.2. The van der Waals surface area contributed by atoms with Crippen molar-refractivity contribution in [1.82, 2.24) is 5.32 Å². The third-order valence-electron chi connectivity index (χ3n) is 2.41. The first-order chi connectivity index (χ1) is 9.11. The minimum absolute atomic E-state index is 0.160. The van der Waals surface area contributed by atoms with Gasteiger partial charge in [0.2, 0.25) is 0 Å². The number of benzene rings is 1. The van der Waals surface area contributed by atoms with Crippen molar-refractivity contribution in [3.05, 3.63) is 29.8 Å². The van der Waals surface area contributed by atoms with E-state index in [1.807, 2.05) is 45.0 Å². The monoisotopic (exact) mass is 265 g/mol. The molecule has 1 rings (SSSR count). The molecular weight excluding hydrogens is 242 g/mol. The van der Waals surface area contributed by atoms with Gasteiger partial charge in [0.05, 0.1) is 19.1 Å². The van der Waals surface area contributed by atoms with Gasteiger partial charge in [-0.25, -0.2) is 0 Å². The number of esters is 1. The number of rotatable bonds is 8. The van der Waals surface area contributed by atoms with Gasteiger partial charge >= 0.3 is 5.97 Å². The van der Waals surface area contributed by atoms with Crippen molar-refractivity contribution in [1.29, 1.82) is 0 Å². The van der Waals surface area contributed by atoms with Crippen LogP contribution in [-0.4, -0.2) is 25.2 Å². The standard InChI is InChI=1S/C15H23NO3/c1-4-18-15(17)8-9-16-11-13-6-5-7-14(10-13)19-12(2)3/h5-7,10,12,16H,4,8-9,11H2,1-3H3.